The summed E-state index contributed by atoms with van der Waals surface area (Å²) >= 11 is 5.92. The van der Waals surface area contributed by atoms with Gasteiger partial charge in [-0.05, 0) is 37.3 Å². The zero-order valence-corrected chi connectivity index (χ0v) is 15.0. The van der Waals surface area contributed by atoms with Crippen LogP contribution in [0.5, 0.6) is 11.5 Å². The van der Waals surface area contributed by atoms with E-state index in [0.717, 1.165) is 0 Å². The molecule has 0 aliphatic carbocycles. The van der Waals surface area contributed by atoms with Crippen molar-refractivity contribution in [3.8, 4) is 17.6 Å². The van der Waals surface area contributed by atoms with Crippen molar-refractivity contribution in [2.75, 3.05) is 19.0 Å². The lowest BCUT2D eigenvalue weighted by molar-refractivity contribution is -0.117. The van der Waals surface area contributed by atoms with Gasteiger partial charge in [-0.1, -0.05) is 23.7 Å². The summed E-state index contributed by atoms with van der Waals surface area (Å²) in [7, 11) is 1.39. The summed E-state index contributed by atoms with van der Waals surface area (Å²) in [4.78, 5) is 25.2. The summed E-state index contributed by atoms with van der Waals surface area (Å²) in [6.07, 6.45) is 0. The number of nitrogens with one attached hydrogen (secondary N) is 1. The van der Waals surface area contributed by atoms with Gasteiger partial charge in [0.15, 0.2) is 11.7 Å². The predicted octanol–water partition coefficient (Wildman–Crippen LogP) is 3.71. The molecule has 0 saturated carbocycles. The Bertz CT molecular complexity index is 861. The third-order valence-corrected chi connectivity index (χ3v) is 3.76. The lowest BCUT2D eigenvalue weighted by atomic mass is 9.97. The van der Waals surface area contributed by atoms with Crippen molar-refractivity contribution in [2.45, 2.75) is 6.92 Å². The van der Waals surface area contributed by atoms with Gasteiger partial charge in [0.25, 0.3) is 0 Å². The zero-order chi connectivity index (χ0) is 19.1. The summed E-state index contributed by atoms with van der Waals surface area (Å²) in [6, 6.07) is 12.9. The summed E-state index contributed by atoms with van der Waals surface area (Å²) in [6.45, 7) is 2.22. The van der Waals surface area contributed by atoms with Crippen molar-refractivity contribution in [3.63, 3.8) is 0 Å². The molecule has 0 radical (unpaired) electrons. The van der Waals surface area contributed by atoms with Crippen LogP contribution in [0.1, 0.15) is 17.3 Å². The molecule has 0 aliphatic rings. The number of hydrogen-bond acceptors (Lipinski definition) is 5. The molecule has 1 amide bonds. The smallest absolute Gasteiger partial charge is 0.249 e. The molecule has 7 heteroatoms. The van der Waals surface area contributed by atoms with Crippen LogP contribution in [-0.2, 0) is 4.79 Å². The Morgan fingerprint density at radius 2 is 1.96 bits per heavy atom. The molecule has 2 aromatic rings. The Morgan fingerprint density at radius 3 is 2.62 bits per heavy atom. The average Bonchev–Trinajstić information content (AvgIpc) is 2.64. The lowest BCUT2D eigenvalue weighted by Gasteiger charge is -2.14. The number of hydrogen-bond donors (Lipinski definition) is 1. The highest BCUT2D eigenvalue weighted by molar-refractivity contribution is 6.31. The largest absolute Gasteiger partial charge is 0.496 e. The van der Waals surface area contributed by atoms with E-state index in [2.05, 4.69) is 5.32 Å². The number of carbonyl (C=O) groups excluding carboxylic acids is 2. The number of ketones is 1. The third-order valence-electron chi connectivity index (χ3n) is 3.53. The summed E-state index contributed by atoms with van der Waals surface area (Å²) in [5.41, 5.74) is 0.449. The molecule has 0 unspecified atom stereocenters. The minimum absolute atomic E-state index is 0.0693. The van der Waals surface area contributed by atoms with Gasteiger partial charge in [0, 0.05) is 5.02 Å². The van der Waals surface area contributed by atoms with Crippen LogP contribution < -0.4 is 14.8 Å². The van der Waals surface area contributed by atoms with Crippen molar-refractivity contribution in [1.82, 2.24) is 0 Å². The van der Waals surface area contributed by atoms with Gasteiger partial charge < -0.3 is 14.8 Å². The van der Waals surface area contributed by atoms with Crippen LogP contribution in [0.25, 0.3) is 0 Å². The maximum Gasteiger partial charge on any atom is 0.249 e. The molecule has 0 aliphatic heterocycles. The van der Waals surface area contributed by atoms with E-state index in [9.17, 15) is 14.9 Å². The Balaban J connectivity index is 2.29. The number of halogens is 1. The van der Waals surface area contributed by atoms with Gasteiger partial charge in [-0.3, -0.25) is 9.59 Å². The first kappa shape index (κ1) is 19.3. The van der Waals surface area contributed by atoms with Gasteiger partial charge in [-0.2, -0.15) is 5.26 Å². The van der Waals surface area contributed by atoms with Crippen molar-refractivity contribution in [2.24, 2.45) is 5.92 Å². The molecular weight excluding hydrogens is 356 g/mol. The maximum absolute atomic E-state index is 12.7. The molecule has 0 spiro atoms. The van der Waals surface area contributed by atoms with E-state index < -0.39 is 17.6 Å². The second-order valence-corrected chi connectivity index (χ2v) is 5.63. The van der Waals surface area contributed by atoms with Crippen LogP contribution >= 0.6 is 11.6 Å². The second-order valence-electron chi connectivity index (χ2n) is 5.19. The number of nitriles is 1. The number of para-hydroxylation sites is 2. The minimum Gasteiger partial charge on any atom is -0.496 e. The highest BCUT2D eigenvalue weighted by Gasteiger charge is 2.30. The summed E-state index contributed by atoms with van der Waals surface area (Å²) < 4.78 is 10.6. The summed E-state index contributed by atoms with van der Waals surface area (Å²) in [5.74, 6) is -2.32. The predicted molar refractivity (Wildman–Crippen MR) is 97.7 cm³/mol. The van der Waals surface area contributed by atoms with Gasteiger partial charge in [0.2, 0.25) is 5.91 Å². The summed E-state index contributed by atoms with van der Waals surface area (Å²) in [5, 5.41) is 12.2. The SMILES string of the molecule is CCOc1ccccc1NC(=O)[C@@H](C#N)C(=O)c1cc(Cl)ccc1OC. The molecule has 0 aromatic heterocycles. The maximum atomic E-state index is 12.7. The van der Waals surface area contributed by atoms with Crippen LogP contribution in [0, 0.1) is 17.2 Å². The quantitative estimate of drug-likeness (QED) is 0.591. The highest BCUT2D eigenvalue weighted by Crippen LogP contribution is 2.27. The van der Waals surface area contributed by atoms with Crippen molar-refractivity contribution < 1.29 is 19.1 Å². The first-order chi connectivity index (χ1) is 12.5. The molecule has 0 bridgehead atoms. The first-order valence-electron chi connectivity index (χ1n) is 7.81. The van der Waals surface area contributed by atoms with Gasteiger partial charge in [0.05, 0.1) is 31.0 Å². The number of carbonyl (C=O) groups is 2. The molecule has 134 valence electrons. The normalized spacial score (nSPS) is 11.2. The van der Waals surface area contributed by atoms with Gasteiger partial charge in [-0.25, -0.2) is 0 Å². The fourth-order valence-electron chi connectivity index (χ4n) is 2.32. The second kappa shape index (κ2) is 8.88. The fourth-order valence-corrected chi connectivity index (χ4v) is 2.49. The minimum atomic E-state index is -1.56. The number of amides is 1. The van der Waals surface area contributed by atoms with Gasteiger partial charge >= 0.3 is 0 Å². The van der Waals surface area contributed by atoms with E-state index in [1.54, 1.807) is 36.4 Å². The van der Waals surface area contributed by atoms with E-state index >= 15 is 0 Å². The number of rotatable bonds is 7. The first-order valence-corrected chi connectivity index (χ1v) is 8.19. The Kier molecular flexibility index (Phi) is 6.59. The van der Waals surface area contributed by atoms with E-state index in [4.69, 9.17) is 21.1 Å². The molecule has 1 N–H and O–H groups in total. The van der Waals surface area contributed by atoms with E-state index in [0.29, 0.717) is 23.1 Å². The van der Waals surface area contributed by atoms with Crippen molar-refractivity contribution >= 4 is 29.0 Å². The molecule has 2 aromatic carbocycles. The lowest BCUT2D eigenvalue weighted by Crippen LogP contribution is -2.29. The molecule has 0 fully saturated rings. The average molecular weight is 373 g/mol. The Morgan fingerprint density at radius 1 is 1.23 bits per heavy atom. The van der Waals surface area contributed by atoms with E-state index in [-0.39, 0.29) is 11.3 Å². The fraction of sp³-hybridized carbons (Fsp3) is 0.211. The van der Waals surface area contributed by atoms with Gasteiger partial charge in [-0.15, -0.1) is 0 Å². The van der Waals surface area contributed by atoms with Crippen LogP contribution in [0.2, 0.25) is 5.02 Å². The number of Topliss-reactive ketones (excluding diaryl/α,β-unsaturated/α-hetero) is 1. The Hall–Kier alpha value is -3.04. The van der Waals surface area contributed by atoms with E-state index in [1.807, 2.05) is 6.92 Å². The molecule has 2 rings (SSSR count). The van der Waals surface area contributed by atoms with Crippen LogP contribution in [0.4, 0.5) is 5.69 Å². The van der Waals surface area contributed by atoms with Crippen molar-refractivity contribution in [1.29, 1.82) is 5.26 Å². The Labute approximate surface area is 156 Å². The van der Waals surface area contributed by atoms with E-state index in [1.165, 1.54) is 19.2 Å². The zero-order valence-electron chi connectivity index (χ0n) is 14.3. The molecule has 1 atom stereocenters. The molecule has 0 saturated heterocycles. The number of benzene rings is 2. The van der Waals surface area contributed by atoms with Gasteiger partial charge in [0.1, 0.15) is 11.5 Å². The number of anilines is 1. The number of methoxy groups -OCH3 is 1. The molecule has 26 heavy (non-hydrogen) atoms. The standard InChI is InChI=1S/C19H17ClN2O4/c1-3-26-17-7-5-4-6-15(17)22-19(24)14(11-21)18(23)13-10-12(20)8-9-16(13)25-2/h4-10,14H,3H2,1-2H3,(H,22,24)/t14-/m0/s1. The highest BCUT2D eigenvalue weighted by atomic mass is 35.5. The number of ether oxygens (including phenoxy) is 2. The molecular formula is C19H17ClN2O4. The van der Waals surface area contributed by atoms with Crippen LogP contribution in [0.3, 0.4) is 0 Å². The van der Waals surface area contributed by atoms with Crippen molar-refractivity contribution in [3.05, 3.63) is 53.1 Å². The van der Waals surface area contributed by atoms with Crippen LogP contribution in [0.15, 0.2) is 42.5 Å². The van der Waals surface area contributed by atoms with Crippen LogP contribution in [-0.4, -0.2) is 25.4 Å². The topological polar surface area (TPSA) is 88.4 Å². The number of nitrogens with zero attached hydrogens (tertiary/aromatic N) is 1. The molecule has 0 heterocycles. The third kappa shape index (κ3) is 4.32. The molecule has 6 nitrogen and oxygen atoms in total. The monoisotopic (exact) mass is 372 g/mol.